The number of aromatic nitrogens is 3. The van der Waals surface area contributed by atoms with Gasteiger partial charge in [0.25, 0.3) is 0 Å². The summed E-state index contributed by atoms with van der Waals surface area (Å²) >= 11 is 0. The van der Waals surface area contributed by atoms with Crippen LogP contribution in [0.3, 0.4) is 0 Å². The smallest absolute Gasteiger partial charge is 0.224 e. The summed E-state index contributed by atoms with van der Waals surface area (Å²) in [5, 5.41) is 13.7. The second-order valence-electron chi connectivity index (χ2n) is 9.14. The molecule has 1 aromatic heterocycles. The van der Waals surface area contributed by atoms with Crippen molar-refractivity contribution in [1.29, 1.82) is 0 Å². The molecule has 1 unspecified atom stereocenters. The van der Waals surface area contributed by atoms with Crippen LogP contribution in [0.5, 0.6) is 0 Å². The zero-order valence-electron chi connectivity index (χ0n) is 21.6. The Labute approximate surface area is 223 Å². The summed E-state index contributed by atoms with van der Waals surface area (Å²) in [6.07, 6.45) is 6.20. The number of nitrogens with one attached hydrogen (secondary N) is 2. The number of halogens is 1. The van der Waals surface area contributed by atoms with E-state index >= 15 is 0 Å². The number of carbonyl (C=O) groups excluding carboxylic acids is 2. The van der Waals surface area contributed by atoms with Gasteiger partial charge in [0.2, 0.25) is 11.8 Å². The molecular weight excluding hydrogens is 505 g/mol. The van der Waals surface area contributed by atoms with Gasteiger partial charge in [-0.05, 0) is 77.1 Å². The van der Waals surface area contributed by atoms with Crippen molar-refractivity contribution in [3.8, 4) is 0 Å². The van der Waals surface area contributed by atoms with Crippen molar-refractivity contribution in [2.75, 3.05) is 12.8 Å². The van der Waals surface area contributed by atoms with E-state index in [0.29, 0.717) is 31.7 Å². The molecule has 0 spiro atoms. The third-order valence-corrected chi connectivity index (χ3v) is 7.24. The molecule has 1 aliphatic rings. The molecule has 0 radical (unpaired) electrons. The van der Waals surface area contributed by atoms with E-state index in [-0.39, 0.29) is 24.1 Å². The number of allylic oxidation sites excluding steroid dienone is 2. The van der Waals surface area contributed by atoms with Crippen LogP contribution in [0.15, 0.2) is 59.1 Å². The van der Waals surface area contributed by atoms with E-state index in [1.165, 1.54) is 19.1 Å². The van der Waals surface area contributed by atoms with Crippen molar-refractivity contribution in [2.24, 2.45) is 0 Å². The van der Waals surface area contributed by atoms with Crippen molar-refractivity contribution in [1.82, 2.24) is 25.6 Å². The topological polar surface area (TPSA) is 106 Å². The van der Waals surface area contributed by atoms with E-state index in [9.17, 15) is 18.2 Å². The second kappa shape index (κ2) is 12.1. The highest BCUT2D eigenvalue weighted by atomic mass is 32.2. The van der Waals surface area contributed by atoms with Crippen LogP contribution in [0, 0.1) is 5.82 Å². The van der Waals surface area contributed by atoms with Crippen molar-refractivity contribution in [2.45, 2.75) is 44.7 Å². The number of carbonyl (C=O) groups is 2. The van der Waals surface area contributed by atoms with Crippen LogP contribution in [0.4, 0.5) is 4.39 Å². The molecule has 2 amide bonds. The first-order chi connectivity index (χ1) is 18.2. The highest BCUT2D eigenvalue weighted by Gasteiger charge is 2.25. The Bertz CT molecular complexity index is 1440. The number of aryl methyl sites for hydroxylation is 1. The molecule has 0 bridgehead atoms. The SMILES string of the molecule is CC(=O)NCc1cn(CCCNC(=O)CC2=C(C)C(=Cc3ccc(S(C)=O)cc3)c3ccc(F)cc32)nn1. The quantitative estimate of drug-likeness (QED) is 0.385. The van der Waals surface area contributed by atoms with Crippen LogP contribution < -0.4 is 10.6 Å². The molecule has 0 aliphatic heterocycles. The second-order valence-corrected chi connectivity index (χ2v) is 10.5. The molecule has 10 heteroatoms. The van der Waals surface area contributed by atoms with E-state index in [0.717, 1.165) is 38.3 Å². The summed E-state index contributed by atoms with van der Waals surface area (Å²) in [4.78, 5) is 24.6. The normalized spacial score (nSPS) is 14.5. The minimum atomic E-state index is -1.05. The number of hydrogen-bond donors (Lipinski definition) is 2. The molecule has 4 rings (SSSR count). The molecule has 3 aromatic rings. The maximum Gasteiger partial charge on any atom is 0.224 e. The molecule has 1 aliphatic carbocycles. The number of benzene rings is 2. The fraction of sp³-hybridized carbons (Fsp3) is 0.286. The van der Waals surface area contributed by atoms with Gasteiger partial charge in [-0.3, -0.25) is 18.5 Å². The molecule has 0 fully saturated rings. The summed E-state index contributed by atoms with van der Waals surface area (Å²) in [6, 6.07) is 12.1. The van der Waals surface area contributed by atoms with Crippen LogP contribution in [-0.2, 0) is 33.5 Å². The van der Waals surface area contributed by atoms with Gasteiger partial charge >= 0.3 is 0 Å². The predicted octanol–water partition coefficient (Wildman–Crippen LogP) is 3.72. The number of nitrogens with zero attached hydrogens (tertiary/aromatic N) is 3. The van der Waals surface area contributed by atoms with Crippen molar-refractivity contribution in [3.05, 3.63) is 82.4 Å². The number of amides is 2. The first-order valence-electron chi connectivity index (χ1n) is 12.3. The highest BCUT2D eigenvalue weighted by Crippen LogP contribution is 2.43. The van der Waals surface area contributed by atoms with E-state index in [1.807, 2.05) is 37.3 Å². The Kier molecular flexibility index (Phi) is 8.62. The molecule has 2 N–H and O–H groups in total. The average Bonchev–Trinajstić information content (AvgIpc) is 3.44. The first kappa shape index (κ1) is 27.1. The summed E-state index contributed by atoms with van der Waals surface area (Å²) < 4.78 is 27.5. The van der Waals surface area contributed by atoms with Crippen LogP contribution >= 0.6 is 0 Å². The minimum absolute atomic E-state index is 0.132. The van der Waals surface area contributed by atoms with E-state index in [1.54, 1.807) is 23.2 Å². The minimum Gasteiger partial charge on any atom is -0.356 e. The molecule has 1 atom stereocenters. The summed E-state index contributed by atoms with van der Waals surface area (Å²) in [6.45, 7) is 4.74. The molecule has 2 aromatic carbocycles. The van der Waals surface area contributed by atoms with Gasteiger partial charge in [-0.25, -0.2) is 4.39 Å². The lowest BCUT2D eigenvalue weighted by Gasteiger charge is -2.08. The first-order valence-corrected chi connectivity index (χ1v) is 13.8. The zero-order valence-corrected chi connectivity index (χ0v) is 22.4. The Balaban J connectivity index is 1.40. The maximum absolute atomic E-state index is 14.2. The number of fused-ring (bicyclic) bond motifs is 1. The van der Waals surface area contributed by atoms with Crippen LogP contribution in [0.2, 0.25) is 0 Å². The molecular formula is C28H30FN5O3S. The van der Waals surface area contributed by atoms with Gasteiger partial charge in [-0.1, -0.05) is 23.4 Å². The van der Waals surface area contributed by atoms with Crippen molar-refractivity contribution >= 4 is 39.8 Å². The lowest BCUT2D eigenvalue weighted by molar-refractivity contribution is -0.120. The van der Waals surface area contributed by atoms with Crippen LogP contribution in [0.25, 0.3) is 17.2 Å². The Morgan fingerprint density at radius 3 is 2.58 bits per heavy atom. The summed E-state index contributed by atoms with van der Waals surface area (Å²) in [5.41, 5.74) is 5.88. The van der Waals surface area contributed by atoms with Gasteiger partial charge in [0.05, 0.1) is 19.2 Å². The largest absolute Gasteiger partial charge is 0.356 e. The zero-order chi connectivity index (χ0) is 27.2. The molecule has 0 saturated carbocycles. The van der Waals surface area contributed by atoms with Crippen LogP contribution in [0.1, 0.15) is 49.1 Å². The number of hydrogen-bond acceptors (Lipinski definition) is 5. The van der Waals surface area contributed by atoms with Crippen LogP contribution in [-0.4, -0.2) is 43.8 Å². The van der Waals surface area contributed by atoms with Gasteiger partial charge in [0.15, 0.2) is 0 Å². The standard InChI is InChI=1S/C28H30FN5O3S/c1-18-25(13-20-5-8-23(9-6-20)38(3)37)24-10-7-21(29)14-27(24)26(18)15-28(36)30-11-4-12-34-17-22(32-33-34)16-31-19(2)35/h5-10,13-14,17H,4,11-12,15-16H2,1-3H3,(H,30,36)(H,31,35). The maximum atomic E-state index is 14.2. The molecule has 38 heavy (non-hydrogen) atoms. The summed E-state index contributed by atoms with van der Waals surface area (Å²) in [5.74, 6) is -0.626. The predicted molar refractivity (Wildman–Crippen MR) is 145 cm³/mol. The molecule has 0 saturated heterocycles. The molecule has 1 heterocycles. The third-order valence-electron chi connectivity index (χ3n) is 6.30. The third kappa shape index (κ3) is 6.69. The van der Waals surface area contributed by atoms with E-state index < -0.39 is 10.8 Å². The van der Waals surface area contributed by atoms with Crippen molar-refractivity contribution < 1.29 is 18.2 Å². The Morgan fingerprint density at radius 1 is 1.11 bits per heavy atom. The lowest BCUT2D eigenvalue weighted by atomic mass is 10.0. The Hall–Kier alpha value is -3.92. The van der Waals surface area contributed by atoms with Gasteiger partial charge in [-0.15, -0.1) is 5.10 Å². The Morgan fingerprint density at radius 2 is 1.87 bits per heavy atom. The molecule has 198 valence electrons. The van der Waals surface area contributed by atoms with E-state index in [4.69, 9.17) is 0 Å². The van der Waals surface area contributed by atoms with Gasteiger partial charge in [0, 0.05) is 42.0 Å². The molecule has 8 nitrogen and oxygen atoms in total. The van der Waals surface area contributed by atoms with E-state index in [2.05, 4.69) is 20.9 Å². The van der Waals surface area contributed by atoms with Gasteiger partial charge < -0.3 is 10.6 Å². The fourth-order valence-corrected chi connectivity index (χ4v) is 4.86. The number of rotatable bonds is 10. The highest BCUT2D eigenvalue weighted by molar-refractivity contribution is 7.84. The monoisotopic (exact) mass is 535 g/mol. The lowest BCUT2D eigenvalue weighted by Crippen LogP contribution is -2.25. The average molecular weight is 536 g/mol. The van der Waals surface area contributed by atoms with Gasteiger partial charge in [0.1, 0.15) is 11.5 Å². The van der Waals surface area contributed by atoms with Gasteiger partial charge in [-0.2, -0.15) is 0 Å². The fourth-order valence-electron chi connectivity index (χ4n) is 4.34. The summed E-state index contributed by atoms with van der Waals surface area (Å²) in [7, 11) is -1.05. The van der Waals surface area contributed by atoms with Crippen molar-refractivity contribution in [3.63, 3.8) is 0 Å².